The van der Waals surface area contributed by atoms with Crippen molar-refractivity contribution < 1.29 is 19.0 Å². The molecule has 26 heavy (non-hydrogen) atoms. The monoisotopic (exact) mass is 350 g/mol. The van der Waals surface area contributed by atoms with Crippen LogP contribution in [0.2, 0.25) is 0 Å². The summed E-state index contributed by atoms with van der Waals surface area (Å²) in [5.74, 6) is -0.626. The van der Waals surface area contributed by atoms with Gasteiger partial charge in [0.25, 0.3) is 0 Å². The number of carboxylic acids is 1. The van der Waals surface area contributed by atoms with Crippen molar-refractivity contribution in [2.45, 2.75) is 20.0 Å². The second kappa shape index (κ2) is 7.83. The minimum Gasteiger partial charge on any atom is -0.489 e. The average molecular weight is 350 g/mol. The predicted octanol–water partition coefficient (Wildman–Crippen LogP) is 5.01. The van der Waals surface area contributed by atoms with E-state index in [1.54, 1.807) is 36.4 Å². The highest BCUT2D eigenvalue weighted by Gasteiger charge is 2.10. The molecule has 0 saturated heterocycles. The Morgan fingerprint density at radius 3 is 2.50 bits per heavy atom. The number of benzene rings is 3. The van der Waals surface area contributed by atoms with Gasteiger partial charge in [-0.15, -0.1) is 0 Å². The highest BCUT2D eigenvalue weighted by Crippen LogP contribution is 2.26. The number of halogens is 1. The molecule has 3 aromatic carbocycles. The zero-order valence-corrected chi connectivity index (χ0v) is 14.4. The second-order valence-corrected chi connectivity index (χ2v) is 6.09. The lowest BCUT2D eigenvalue weighted by Crippen LogP contribution is -2.05. The zero-order valence-electron chi connectivity index (χ0n) is 14.4. The van der Waals surface area contributed by atoms with Gasteiger partial charge in [-0.1, -0.05) is 48.5 Å². The first kappa shape index (κ1) is 17.7. The first-order chi connectivity index (χ1) is 12.5. The molecule has 0 fully saturated rings. The van der Waals surface area contributed by atoms with Gasteiger partial charge in [-0.3, -0.25) is 4.79 Å². The largest absolute Gasteiger partial charge is 0.489 e. The lowest BCUT2D eigenvalue weighted by Gasteiger charge is -2.13. The maximum Gasteiger partial charge on any atom is 0.307 e. The molecule has 0 amide bonds. The molecule has 0 spiro atoms. The molecule has 3 rings (SSSR count). The van der Waals surface area contributed by atoms with Gasteiger partial charge in [0.15, 0.2) is 0 Å². The molecule has 4 heteroatoms. The van der Waals surface area contributed by atoms with Gasteiger partial charge in [-0.25, -0.2) is 4.39 Å². The van der Waals surface area contributed by atoms with E-state index in [2.05, 4.69) is 0 Å². The normalized spacial score (nSPS) is 10.5. The summed E-state index contributed by atoms with van der Waals surface area (Å²) in [6.07, 6.45) is -0.0928. The van der Waals surface area contributed by atoms with Gasteiger partial charge in [-0.05, 0) is 41.8 Å². The Morgan fingerprint density at radius 2 is 1.73 bits per heavy atom. The first-order valence-electron chi connectivity index (χ1n) is 8.31. The van der Waals surface area contributed by atoms with Crippen molar-refractivity contribution in [1.82, 2.24) is 0 Å². The number of hydrogen-bond acceptors (Lipinski definition) is 2. The Bertz CT molecular complexity index is 934. The molecule has 0 aliphatic carbocycles. The Morgan fingerprint density at radius 1 is 1.00 bits per heavy atom. The number of ether oxygens (including phenoxy) is 1. The molecule has 0 saturated carbocycles. The number of aryl methyl sites for hydroxylation is 1. The summed E-state index contributed by atoms with van der Waals surface area (Å²) in [5.41, 5.74) is 3.91. The lowest BCUT2D eigenvalue weighted by atomic mass is 9.99. The van der Waals surface area contributed by atoms with Crippen LogP contribution in [-0.2, 0) is 17.8 Å². The van der Waals surface area contributed by atoms with Crippen LogP contribution in [0.1, 0.15) is 16.7 Å². The SMILES string of the molecule is Cc1ccc(-c2ccccc2F)cc1COc1ccccc1CC(=O)O. The van der Waals surface area contributed by atoms with Crippen LogP contribution in [-0.4, -0.2) is 11.1 Å². The van der Waals surface area contributed by atoms with Crippen LogP contribution in [0.3, 0.4) is 0 Å². The van der Waals surface area contributed by atoms with E-state index in [-0.39, 0.29) is 18.8 Å². The highest BCUT2D eigenvalue weighted by atomic mass is 19.1. The predicted molar refractivity (Wildman–Crippen MR) is 98.7 cm³/mol. The Kier molecular flexibility index (Phi) is 5.32. The second-order valence-electron chi connectivity index (χ2n) is 6.09. The molecule has 0 aliphatic heterocycles. The van der Waals surface area contributed by atoms with Gasteiger partial charge in [-0.2, -0.15) is 0 Å². The van der Waals surface area contributed by atoms with Crippen LogP contribution in [0, 0.1) is 12.7 Å². The molecular formula is C22H19FO3. The zero-order chi connectivity index (χ0) is 18.5. The van der Waals surface area contributed by atoms with E-state index < -0.39 is 5.97 Å². The third-order valence-electron chi connectivity index (χ3n) is 4.23. The van der Waals surface area contributed by atoms with Crippen LogP contribution in [0.15, 0.2) is 66.7 Å². The number of para-hydroxylation sites is 1. The van der Waals surface area contributed by atoms with Crippen LogP contribution >= 0.6 is 0 Å². The van der Waals surface area contributed by atoms with Crippen LogP contribution < -0.4 is 4.74 Å². The van der Waals surface area contributed by atoms with E-state index in [0.29, 0.717) is 16.9 Å². The fraction of sp³-hybridized carbons (Fsp3) is 0.136. The standard InChI is InChI=1S/C22H19FO3/c1-15-10-11-16(19-7-3-4-8-20(19)23)12-18(15)14-26-21-9-5-2-6-17(21)13-22(24)25/h2-12H,13-14H2,1H3,(H,24,25). The van der Waals surface area contributed by atoms with Crippen LogP contribution in [0.5, 0.6) is 5.75 Å². The van der Waals surface area contributed by atoms with Crippen LogP contribution in [0.4, 0.5) is 4.39 Å². The van der Waals surface area contributed by atoms with Crippen molar-refractivity contribution in [2.24, 2.45) is 0 Å². The Hall–Kier alpha value is -3.14. The van der Waals surface area contributed by atoms with Crippen molar-refractivity contribution in [3.63, 3.8) is 0 Å². The van der Waals surface area contributed by atoms with Gasteiger partial charge < -0.3 is 9.84 Å². The smallest absolute Gasteiger partial charge is 0.307 e. The van der Waals surface area contributed by atoms with Crippen molar-refractivity contribution in [1.29, 1.82) is 0 Å². The molecular weight excluding hydrogens is 331 g/mol. The van der Waals surface area contributed by atoms with Gasteiger partial charge in [0.2, 0.25) is 0 Å². The van der Waals surface area contributed by atoms with Crippen molar-refractivity contribution >= 4 is 5.97 Å². The van der Waals surface area contributed by atoms with Gasteiger partial charge in [0, 0.05) is 11.1 Å². The molecule has 0 aromatic heterocycles. The molecule has 132 valence electrons. The molecule has 0 aliphatic rings. The van der Waals surface area contributed by atoms with Gasteiger partial charge >= 0.3 is 5.97 Å². The van der Waals surface area contributed by atoms with E-state index in [1.165, 1.54) is 6.07 Å². The van der Waals surface area contributed by atoms with Crippen molar-refractivity contribution in [3.05, 3.63) is 89.2 Å². The van der Waals surface area contributed by atoms with E-state index in [4.69, 9.17) is 9.84 Å². The number of carbonyl (C=O) groups is 1. The van der Waals surface area contributed by atoms with Crippen molar-refractivity contribution in [3.8, 4) is 16.9 Å². The van der Waals surface area contributed by atoms with E-state index in [0.717, 1.165) is 16.7 Å². The number of carboxylic acid groups (broad SMARTS) is 1. The summed E-state index contributed by atoms with van der Waals surface area (Å²) in [6.45, 7) is 2.25. The summed E-state index contributed by atoms with van der Waals surface area (Å²) in [7, 11) is 0. The van der Waals surface area contributed by atoms with E-state index >= 15 is 0 Å². The summed E-state index contributed by atoms with van der Waals surface area (Å²) >= 11 is 0. The van der Waals surface area contributed by atoms with Gasteiger partial charge in [0.1, 0.15) is 18.2 Å². The summed E-state index contributed by atoms with van der Waals surface area (Å²) < 4.78 is 19.9. The highest BCUT2D eigenvalue weighted by molar-refractivity contribution is 5.71. The minimum absolute atomic E-state index is 0.0928. The summed E-state index contributed by atoms with van der Waals surface area (Å²) in [4.78, 5) is 11.0. The van der Waals surface area contributed by atoms with E-state index in [1.807, 2.05) is 31.2 Å². The molecule has 1 N–H and O–H groups in total. The molecule has 3 nitrogen and oxygen atoms in total. The topological polar surface area (TPSA) is 46.5 Å². The maximum absolute atomic E-state index is 14.0. The third-order valence-corrected chi connectivity index (χ3v) is 4.23. The Labute approximate surface area is 151 Å². The maximum atomic E-state index is 14.0. The molecule has 0 unspecified atom stereocenters. The van der Waals surface area contributed by atoms with E-state index in [9.17, 15) is 9.18 Å². The Balaban J connectivity index is 1.84. The fourth-order valence-electron chi connectivity index (χ4n) is 2.80. The molecule has 3 aromatic rings. The number of rotatable bonds is 6. The number of aliphatic carboxylic acids is 1. The first-order valence-corrected chi connectivity index (χ1v) is 8.31. The average Bonchev–Trinajstić information content (AvgIpc) is 2.62. The lowest BCUT2D eigenvalue weighted by molar-refractivity contribution is -0.136. The third kappa shape index (κ3) is 4.09. The molecule has 0 bridgehead atoms. The van der Waals surface area contributed by atoms with Crippen LogP contribution in [0.25, 0.3) is 11.1 Å². The summed E-state index contributed by atoms with van der Waals surface area (Å²) in [5, 5.41) is 9.02. The fourth-order valence-corrected chi connectivity index (χ4v) is 2.80. The summed E-state index contributed by atoms with van der Waals surface area (Å²) in [6, 6.07) is 19.5. The molecule has 0 heterocycles. The molecule has 0 atom stereocenters. The number of hydrogen-bond donors (Lipinski definition) is 1. The van der Waals surface area contributed by atoms with Crippen molar-refractivity contribution in [2.75, 3.05) is 0 Å². The quantitative estimate of drug-likeness (QED) is 0.680. The minimum atomic E-state index is -0.904. The van der Waals surface area contributed by atoms with Gasteiger partial charge in [0.05, 0.1) is 6.42 Å². The molecule has 0 radical (unpaired) electrons.